The van der Waals surface area contributed by atoms with Crippen molar-refractivity contribution in [2.75, 3.05) is 6.54 Å². The molecule has 0 aromatic heterocycles. The molecular weight excluding hydrogens is 221 g/mol. The van der Waals surface area contributed by atoms with Gasteiger partial charge in [0.15, 0.2) is 0 Å². The topological polar surface area (TPSA) is 26.0 Å². The molecule has 2 N–H and O–H groups in total. The Labute approximate surface area is 79.9 Å². The van der Waals surface area contributed by atoms with E-state index < -0.39 is 0 Å². The zero-order valence-electron chi connectivity index (χ0n) is 6.85. The zero-order chi connectivity index (χ0) is 9.14. The van der Waals surface area contributed by atoms with Crippen molar-refractivity contribution in [3.8, 4) is 0 Å². The molecule has 1 aromatic rings. The van der Waals surface area contributed by atoms with E-state index in [9.17, 15) is 4.39 Å². The lowest BCUT2D eigenvalue weighted by molar-refractivity contribution is 0.618. The third-order valence-electron chi connectivity index (χ3n) is 1.87. The van der Waals surface area contributed by atoms with E-state index in [1.54, 1.807) is 12.1 Å². The summed E-state index contributed by atoms with van der Waals surface area (Å²) in [5.41, 5.74) is 6.54. The summed E-state index contributed by atoms with van der Waals surface area (Å²) in [6, 6.07) is 4.98. The van der Waals surface area contributed by atoms with Crippen molar-refractivity contribution in [1.82, 2.24) is 0 Å². The van der Waals surface area contributed by atoms with Gasteiger partial charge in [0.05, 0.1) is 4.47 Å². The van der Waals surface area contributed by atoms with Gasteiger partial charge in [0.2, 0.25) is 0 Å². The maximum Gasteiger partial charge on any atom is 0.137 e. The van der Waals surface area contributed by atoms with Crippen LogP contribution in [0.3, 0.4) is 0 Å². The van der Waals surface area contributed by atoms with E-state index in [1.165, 1.54) is 6.07 Å². The maximum atomic E-state index is 12.8. The minimum atomic E-state index is -0.233. The molecule has 1 atom stereocenters. The number of benzene rings is 1. The lowest BCUT2D eigenvalue weighted by atomic mass is 10.0. The van der Waals surface area contributed by atoms with Crippen molar-refractivity contribution in [3.63, 3.8) is 0 Å². The molecule has 0 aliphatic rings. The number of rotatable bonds is 2. The Morgan fingerprint density at radius 1 is 1.58 bits per heavy atom. The predicted molar refractivity (Wildman–Crippen MR) is 51.6 cm³/mol. The highest BCUT2D eigenvalue weighted by atomic mass is 79.9. The first-order chi connectivity index (χ1) is 5.65. The van der Waals surface area contributed by atoms with Crippen LogP contribution in [0.4, 0.5) is 4.39 Å². The van der Waals surface area contributed by atoms with Crippen LogP contribution in [0.2, 0.25) is 0 Å². The minimum Gasteiger partial charge on any atom is -0.330 e. The summed E-state index contributed by atoms with van der Waals surface area (Å²) in [5, 5.41) is 0. The van der Waals surface area contributed by atoms with Gasteiger partial charge in [-0.1, -0.05) is 13.0 Å². The first kappa shape index (κ1) is 9.68. The van der Waals surface area contributed by atoms with Crippen LogP contribution >= 0.6 is 15.9 Å². The largest absolute Gasteiger partial charge is 0.330 e. The summed E-state index contributed by atoms with van der Waals surface area (Å²) in [5.74, 6) is 0.0462. The van der Waals surface area contributed by atoms with Crippen molar-refractivity contribution in [2.24, 2.45) is 5.73 Å². The molecule has 0 bridgehead atoms. The van der Waals surface area contributed by atoms with Crippen molar-refractivity contribution < 1.29 is 4.39 Å². The Morgan fingerprint density at radius 3 is 2.75 bits per heavy atom. The molecular formula is C9H11BrFN. The smallest absolute Gasteiger partial charge is 0.137 e. The van der Waals surface area contributed by atoms with Gasteiger partial charge in [-0.15, -0.1) is 0 Å². The molecule has 66 valence electrons. The first-order valence-electron chi connectivity index (χ1n) is 3.80. The van der Waals surface area contributed by atoms with E-state index >= 15 is 0 Å². The average molecular weight is 232 g/mol. The van der Waals surface area contributed by atoms with E-state index in [2.05, 4.69) is 15.9 Å². The fourth-order valence-electron chi connectivity index (χ4n) is 0.955. The normalized spacial score (nSPS) is 13.0. The molecule has 0 saturated heterocycles. The third kappa shape index (κ3) is 2.05. The highest BCUT2D eigenvalue weighted by Crippen LogP contribution is 2.21. The lowest BCUT2D eigenvalue weighted by Gasteiger charge is -2.08. The Balaban J connectivity index is 2.96. The van der Waals surface area contributed by atoms with Crippen LogP contribution in [-0.2, 0) is 0 Å². The molecule has 1 rings (SSSR count). The van der Waals surface area contributed by atoms with E-state index in [0.29, 0.717) is 11.0 Å². The van der Waals surface area contributed by atoms with Gasteiger partial charge >= 0.3 is 0 Å². The zero-order valence-corrected chi connectivity index (χ0v) is 8.44. The summed E-state index contributed by atoms with van der Waals surface area (Å²) in [6.45, 7) is 2.59. The molecule has 0 saturated carbocycles. The van der Waals surface area contributed by atoms with Gasteiger partial charge in [-0.25, -0.2) is 4.39 Å². The highest BCUT2D eigenvalue weighted by molar-refractivity contribution is 9.10. The molecule has 0 spiro atoms. The second kappa shape index (κ2) is 4.01. The van der Waals surface area contributed by atoms with E-state index in [0.717, 1.165) is 5.56 Å². The molecule has 0 radical (unpaired) electrons. The van der Waals surface area contributed by atoms with Gasteiger partial charge in [0, 0.05) is 0 Å². The molecule has 0 heterocycles. The fourth-order valence-corrected chi connectivity index (χ4v) is 1.35. The van der Waals surface area contributed by atoms with Gasteiger partial charge in [-0.2, -0.15) is 0 Å². The van der Waals surface area contributed by atoms with Gasteiger partial charge in [-0.05, 0) is 46.1 Å². The fraction of sp³-hybridized carbons (Fsp3) is 0.333. The van der Waals surface area contributed by atoms with Crippen LogP contribution in [0.5, 0.6) is 0 Å². The van der Waals surface area contributed by atoms with Gasteiger partial charge in [0.25, 0.3) is 0 Å². The van der Waals surface area contributed by atoms with Crippen molar-refractivity contribution in [1.29, 1.82) is 0 Å². The number of halogens is 2. The molecule has 0 fully saturated rings. The number of hydrogen-bond acceptors (Lipinski definition) is 1. The summed E-state index contributed by atoms with van der Waals surface area (Å²) < 4.78 is 13.3. The summed E-state index contributed by atoms with van der Waals surface area (Å²) in [6.07, 6.45) is 0. The SMILES string of the molecule is CC(CN)c1ccc(F)c(Br)c1. The average Bonchev–Trinajstić information content (AvgIpc) is 2.08. The van der Waals surface area contributed by atoms with Crippen LogP contribution in [-0.4, -0.2) is 6.54 Å². The molecule has 1 nitrogen and oxygen atoms in total. The Morgan fingerprint density at radius 2 is 2.25 bits per heavy atom. The number of nitrogens with two attached hydrogens (primary N) is 1. The Hall–Kier alpha value is -0.410. The van der Waals surface area contributed by atoms with Crippen LogP contribution in [0.1, 0.15) is 18.4 Å². The first-order valence-corrected chi connectivity index (χ1v) is 4.59. The van der Waals surface area contributed by atoms with Crippen LogP contribution in [0.15, 0.2) is 22.7 Å². The summed E-state index contributed by atoms with van der Waals surface area (Å²) >= 11 is 3.13. The monoisotopic (exact) mass is 231 g/mol. The molecule has 3 heteroatoms. The summed E-state index contributed by atoms with van der Waals surface area (Å²) in [4.78, 5) is 0. The van der Waals surface area contributed by atoms with Crippen LogP contribution < -0.4 is 5.73 Å². The second-order valence-corrected chi connectivity index (χ2v) is 3.66. The van der Waals surface area contributed by atoms with E-state index in [-0.39, 0.29) is 11.7 Å². The van der Waals surface area contributed by atoms with E-state index in [4.69, 9.17) is 5.73 Å². The number of hydrogen-bond donors (Lipinski definition) is 1. The quantitative estimate of drug-likeness (QED) is 0.833. The minimum absolute atomic E-state index is 0.233. The van der Waals surface area contributed by atoms with Gasteiger partial charge in [0.1, 0.15) is 5.82 Å². The highest BCUT2D eigenvalue weighted by Gasteiger charge is 2.05. The molecule has 12 heavy (non-hydrogen) atoms. The van der Waals surface area contributed by atoms with Crippen LogP contribution in [0, 0.1) is 5.82 Å². The second-order valence-electron chi connectivity index (χ2n) is 2.81. The Kier molecular flexibility index (Phi) is 3.23. The van der Waals surface area contributed by atoms with Crippen LogP contribution in [0.25, 0.3) is 0 Å². The third-order valence-corrected chi connectivity index (χ3v) is 2.47. The molecule has 1 aromatic carbocycles. The predicted octanol–water partition coefficient (Wildman–Crippen LogP) is 2.65. The van der Waals surface area contributed by atoms with E-state index in [1.807, 2.05) is 6.92 Å². The van der Waals surface area contributed by atoms with Gasteiger partial charge < -0.3 is 5.73 Å². The molecule has 0 aliphatic heterocycles. The van der Waals surface area contributed by atoms with Crippen molar-refractivity contribution in [3.05, 3.63) is 34.1 Å². The molecule has 0 aliphatic carbocycles. The van der Waals surface area contributed by atoms with Crippen molar-refractivity contribution in [2.45, 2.75) is 12.8 Å². The molecule has 0 amide bonds. The van der Waals surface area contributed by atoms with Crippen molar-refractivity contribution >= 4 is 15.9 Å². The lowest BCUT2D eigenvalue weighted by Crippen LogP contribution is -2.08. The maximum absolute atomic E-state index is 12.8. The summed E-state index contributed by atoms with van der Waals surface area (Å²) in [7, 11) is 0. The van der Waals surface area contributed by atoms with Gasteiger partial charge in [-0.3, -0.25) is 0 Å². The Bertz CT molecular complexity index is 275. The molecule has 1 unspecified atom stereocenters. The standard InChI is InChI=1S/C9H11BrFN/c1-6(5-12)7-2-3-9(11)8(10)4-7/h2-4,6H,5,12H2,1H3.